The van der Waals surface area contributed by atoms with E-state index in [2.05, 4.69) is 23.5 Å². The van der Waals surface area contributed by atoms with E-state index in [0.29, 0.717) is 12.2 Å². The molecular weight excluding hydrogens is 278 g/mol. The normalized spacial score (nSPS) is 12.2. The molecule has 0 saturated carbocycles. The predicted molar refractivity (Wildman–Crippen MR) is 78.9 cm³/mol. The van der Waals surface area contributed by atoms with E-state index in [0.717, 1.165) is 26.1 Å². The summed E-state index contributed by atoms with van der Waals surface area (Å²) in [5.41, 5.74) is 0.577. The Hall–Kier alpha value is -0.890. The number of aromatic nitrogens is 1. The summed E-state index contributed by atoms with van der Waals surface area (Å²) in [6.07, 6.45) is 2.29. The molecule has 0 saturated heterocycles. The maximum atomic E-state index is 12.1. The standard InChI is InChI=1S/C13H25N3O3S/c1-4-16(5-2)8-6-7-14-20(18,19)13-9-12(11-17)15(3)10-13/h9-10,14,17H,4-8,11H2,1-3H3. The zero-order valence-corrected chi connectivity index (χ0v) is 13.3. The Morgan fingerprint density at radius 1 is 1.35 bits per heavy atom. The summed E-state index contributed by atoms with van der Waals surface area (Å²) < 4.78 is 28.4. The number of rotatable bonds is 9. The van der Waals surface area contributed by atoms with Gasteiger partial charge in [-0.2, -0.15) is 0 Å². The fraction of sp³-hybridized carbons (Fsp3) is 0.692. The molecule has 0 amide bonds. The Balaban J connectivity index is 2.53. The SMILES string of the molecule is CCN(CC)CCCNS(=O)(=O)c1cc(CO)n(C)c1. The fourth-order valence-electron chi connectivity index (χ4n) is 2.01. The van der Waals surface area contributed by atoms with Crippen LogP contribution in [0, 0.1) is 0 Å². The Bertz CT molecular complexity index is 507. The molecule has 0 fully saturated rings. The van der Waals surface area contributed by atoms with Crippen LogP contribution in [-0.4, -0.2) is 49.2 Å². The molecule has 0 aliphatic rings. The van der Waals surface area contributed by atoms with Gasteiger partial charge in [-0.15, -0.1) is 0 Å². The second-order valence-electron chi connectivity index (χ2n) is 4.71. The van der Waals surface area contributed by atoms with E-state index in [1.807, 2.05) is 0 Å². The minimum absolute atomic E-state index is 0.173. The number of aliphatic hydroxyl groups is 1. The van der Waals surface area contributed by atoms with E-state index in [-0.39, 0.29) is 11.5 Å². The van der Waals surface area contributed by atoms with Gasteiger partial charge in [-0.1, -0.05) is 13.8 Å². The van der Waals surface area contributed by atoms with Gasteiger partial charge in [0.15, 0.2) is 0 Å². The van der Waals surface area contributed by atoms with Gasteiger partial charge in [0.05, 0.1) is 11.5 Å². The monoisotopic (exact) mass is 303 g/mol. The lowest BCUT2D eigenvalue weighted by molar-refractivity contribution is 0.272. The first-order valence-corrected chi connectivity index (χ1v) is 8.41. The lowest BCUT2D eigenvalue weighted by Crippen LogP contribution is -2.29. The van der Waals surface area contributed by atoms with Crippen LogP contribution in [0.15, 0.2) is 17.2 Å². The molecule has 7 heteroatoms. The van der Waals surface area contributed by atoms with Crippen LogP contribution < -0.4 is 4.72 Å². The van der Waals surface area contributed by atoms with Crippen LogP contribution in [0.3, 0.4) is 0 Å². The van der Waals surface area contributed by atoms with Crippen molar-refractivity contribution in [2.75, 3.05) is 26.2 Å². The van der Waals surface area contributed by atoms with Gasteiger partial charge in [-0.25, -0.2) is 13.1 Å². The van der Waals surface area contributed by atoms with E-state index in [1.54, 1.807) is 11.6 Å². The minimum Gasteiger partial charge on any atom is -0.390 e. The van der Waals surface area contributed by atoms with Gasteiger partial charge in [0.2, 0.25) is 10.0 Å². The van der Waals surface area contributed by atoms with Gasteiger partial charge in [-0.05, 0) is 32.1 Å². The molecule has 1 rings (SSSR count). The Labute approximate surface area is 121 Å². The first-order chi connectivity index (χ1) is 9.44. The molecule has 0 aromatic carbocycles. The van der Waals surface area contributed by atoms with Gasteiger partial charge in [0, 0.05) is 25.5 Å². The van der Waals surface area contributed by atoms with Gasteiger partial charge in [0.25, 0.3) is 0 Å². The van der Waals surface area contributed by atoms with Gasteiger partial charge < -0.3 is 14.6 Å². The van der Waals surface area contributed by atoms with Crippen LogP contribution in [-0.2, 0) is 23.7 Å². The number of hydrogen-bond acceptors (Lipinski definition) is 4. The van der Waals surface area contributed by atoms with Gasteiger partial charge >= 0.3 is 0 Å². The third-order valence-corrected chi connectivity index (χ3v) is 4.82. The Kier molecular flexibility index (Phi) is 6.67. The number of aryl methyl sites for hydroxylation is 1. The summed E-state index contributed by atoms with van der Waals surface area (Å²) in [5.74, 6) is 0. The number of sulfonamides is 1. The number of nitrogens with zero attached hydrogens (tertiary/aromatic N) is 2. The molecule has 0 atom stereocenters. The van der Waals surface area contributed by atoms with Crippen LogP contribution in [0.4, 0.5) is 0 Å². The van der Waals surface area contributed by atoms with Crippen LogP contribution in [0.2, 0.25) is 0 Å². The molecule has 0 unspecified atom stereocenters. The average molecular weight is 303 g/mol. The third kappa shape index (κ3) is 4.59. The number of nitrogens with one attached hydrogen (secondary N) is 1. The smallest absolute Gasteiger partial charge is 0.242 e. The summed E-state index contributed by atoms with van der Waals surface area (Å²) in [5, 5.41) is 9.09. The van der Waals surface area contributed by atoms with Crippen molar-refractivity contribution in [2.45, 2.75) is 31.8 Å². The van der Waals surface area contributed by atoms with Crippen molar-refractivity contribution in [1.82, 2.24) is 14.2 Å². The van der Waals surface area contributed by atoms with Gasteiger partial charge in [0.1, 0.15) is 0 Å². The second kappa shape index (κ2) is 7.78. The number of hydrogen-bond donors (Lipinski definition) is 2. The molecule has 0 radical (unpaired) electrons. The molecule has 1 aromatic heterocycles. The molecule has 6 nitrogen and oxygen atoms in total. The van der Waals surface area contributed by atoms with Crippen LogP contribution in [0.25, 0.3) is 0 Å². The van der Waals surface area contributed by atoms with Crippen LogP contribution >= 0.6 is 0 Å². The molecule has 1 heterocycles. The quantitative estimate of drug-likeness (QED) is 0.653. The molecule has 1 aromatic rings. The van der Waals surface area contributed by atoms with Crippen molar-refractivity contribution < 1.29 is 13.5 Å². The van der Waals surface area contributed by atoms with Crippen LogP contribution in [0.1, 0.15) is 26.0 Å². The van der Waals surface area contributed by atoms with E-state index in [9.17, 15) is 8.42 Å². The average Bonchev–Trinajstić information content (AvgIpc) is 2.81. The first kappa shape index (κ1) is 17.2. The third-order valence-electron chi connectivity index (χ3n) is 3.39. The minimum atomic E-state index is -3.48. The molecule has 0 bridgehead atoms. The van der Waals surface area contributed by atoms with Crippen molar-refractivity contribution in [3.63, 3.8) is 0 Å². The number of aliphatic hydroxyl groups excluding tert-OH is 1. The molecule has 0 aliphatic heterocycles. The van der Waals surface area contributed by atoms with Crippen molar-refractivity contribution >= 4 is 10.0 Å². The van der Waals surface area contributed by atoms with E-state index >= 15 is 0 Å². The van der Waals surface area contributed by atoms with Crippen LogP contribution in [0.5, 0.6) is 0 Å². The highest BCUT2D eigenvalue weighted by Gasteiger charge is 2.16. The molecule has 2 N–H and O–H groups in total. The summed E-state index contributed by atoms with van der Waals surface area (Å²) in [7, 11) is -1.77. The highest BCUT2D eigenvalue weighted by molar-refractivity contribution is 7.89. The Morgan fingerprint density at radius 3 is 2.50 bits per heavy atom. The summed E-state index contributed by atoms with van der Waals surface area (Å²) in [6, 6.07) is 1.49. The summed E-state index contributed by atoms with van der Waals surface area (Å²) in [6.45, 7) is 7.26. The fourth-order valence-corrected chi connectivity index (χ4v) is 3.18. The van der Waals surface area contributed by atoms with E-state index in [1.165, 1.54) is 12.3 Å². The molecular formula is C13H25N3O3S. The zero-order valence-electron chi connectivity index (χ0n) is 12.5. The van der Waals surface area contributed by atoms with Crippen molar-refractivity contribution in [3.05, 3.63) is 18.0 Å². The van der Waals surface area contributed by atoms with Gasteiger partial charge in [-0.3, -0.25) is 0 Å². The van der Waals surface area contributed by atoms with Crippen molar-refractivity contribution in [1.29, 1.82) is 0 Å². The highest BCUT2D eigenvalue weighted by atomic mass is 32.2. The predicted octanol–water partition coefficient (Wildman–Crippen LogP) is 0.528. The second-order valence-corrected chi connectivity index (χ2v) is 6.48. The highest BCUT2D eigenvalue weighted by Crippen LogP contribution is 2.13. The molecule has 20 heavy (non-hydrogen) atoms. The van der Waals surface area contributed by atoms with E-state index in [4.69, 9.17) is 5.11 Å². The Morgan fingerprint density at radius 2 is 2.00 bits per heavy atom. The van der Waals surface area contributed by atoms with Crippen molar-refractivity contribution in [3.8, 4) is 0 Å². The largest absolute Gasteiger partial charge is 0.390 e. The molecule has 0 aliphatic carbocycles. The van der Waals surface area contributed by atoms with Crippen molar-refractivity contribution in [2.24, 2.45) is 7.05 Å². The summed E-state index contributed by atoms with van der Waals surface area (Å²) in [4.78, 5) is 2.45. The first-order valence-electron chi connectivity index (χ1n) is 6.92. The maximum Gasteiger partial charge on any atom is 0.242 e. The summed E-state index contributed by atoms with van der Waals surface area (Å²) >= 11 is 0. The maximum absolute atomic E-state index is 12.1. The zero-order chi connectivity index (χ0) is 15.2. The topological polar surface area (TPSA) is 74.6 Å². The van der Waals surface area contributed by atoms with E-state index < -0.39 is 10.0 Å². The lowest BCUT2D eigenvalue weighted by Gasteiger charge is -2.17. The lowest BCUT2D eigenvalue weighted by atomic mass is 10.4. The molecule has 116 valence electrons. The molecule has 0 spiro atoms.